The lowest BCUT2D eigenvalue weighted by Gasteiger charge is -2.36. The Bertz CT molecular complexity index is 935. The zero-order valence-corrected chi connectivity index (χ0v) is 20.8. The first kappa shape index (κ1) is 24.4. The van der Waals surface area contributed by atoms with Crippen molar-refractivity contribution in [3.63, 3.8) is 0 Å². The van der Waals surface area contributed by atoms with E-state index in [1.54, 1.807) is 22.7 Å². The number of anilines is 1. The predicted octanol–water partition coefficient (Wildman–Crippen LogP) is 2.98. The molecule has 3 aliphatic rings. The van der Waals surface area contributed by atoms with Crippen LogP contribution in [0.3, 0.4) is 0 Å². The molecule has 0 radical (unpaired) electrons. The van der Waals surface area contributed by atoms with Crippen LogP contribution in [0.5, 0.6) is 0 Å². The fraction of sp³-hybridized carbons (Fsp3) is 0.625. The number of benzene rings is 1. The highest BCUT2D eigenvalue weighted by Gasteiger charge is 2.74. The SMILES string of the molecule is CCCNC(=O)[C@@H]1[C@@H]2CCC3(S2)C(C(=O)Nc2c(C)cccc2Cl)N([C@@H](CC)CO)C(=O)[C@H]13. The van der Waals surface area contributed by atoms with Crippen LogP contribution in [-0.2, 0) is 14.4 Å². The number of hydrogen-bond donors (Lipinski definition) is 3. The normalized spacial score (nSPS) is 30.9. The zero-order valence-electron chi connectivity index (χ0n) is 19.3. The van der Waals surface area contributed by atoms with E-state index in [4.69, 9.17) is 11.6 Å². The van der Waals surface area contributed by atoms with Gasteiger partial charge in [-0.15, -0.1) is 11.8 Å². The van der Waals surface area contributed by atoms with Gasteiger partial charge in [0.05, 0.1) is 39.9 Å². The van der Waals surface area contributed by atoms with Gasteiger partial charge in [-0.3, -0.25) is 14.4 Å². The monoisotopic (exact) mass is 493 g/mol. The smallest absolute Gasteiger partial charge is 0.248 e. The van der Waals surface area contributed by atoms with E-state index in [-0.39, 0.29) is 29.6 Å². The maximum atomic E-state index is 13.8. The van der Waals surface area contributed by atoms with Crippen LogP contribution in [0.1, 0.15) is 45.1 Å². The summed E-state index contributed by atoms with van der Waals surface area (Å²) in [5, 5.41) is 16.5. The van der Waals surface area contributed by atoms with E-state index in [0.717, 1.165) is 18.4 Å². The third-order valence-corrected chi connectivity index (χ3v) is 9.65. The Labute approximate surface area is 204 Å². The number of nitrogens with zero attached hydrogens (tertiary/aromatic N) is 1. The Kier molecular flexibility index (Phi) is 6.99. The summed E-state index contributed by atoms with van der Waals surface area (Å²) in [4.78, 5) is 42.3. The number of thioether (sulfide) groups is 1. The highest BCUT2D eigenvalue weighted by molar-refractivity contribution is 8.02. The van der Waals surface area contributed by atoms with Crippen molar-refractivity contribution < 1.29 is 19.5 Å². The van der Waals surface area contributed by atoms with E-state index in [9.17, 15) is 19.5 Å². The summed E-state index contributed by atoms with van der Waals surface area (Å²) >= 11 is 7.99. The average Bonchev–Trinajstić information content (AvgIpc) is 3.43. The first-order valence-corrected chi connectivity index (χ1v) is 13.0. The number of carbonyl (C=O) groups excluding carboxylic acids is 3. The fourth-order valence-electron chi connectivity index (χ4n) is 5.85. The second-order valence-electron chi connectivity index (χ2n) is 9.26. The molecule has 4 rings (SSSR count). The summed E-state index contributed by atoms with van der Waals surface area (Å²) in [7, 11) is 0. The first-order valence-electron chi connectivity index (χ1n) is 11.7. The number of likely N-dealkylation sites (tertiary alicyclic amines) is 1. The van der Waals surface area contributed by atoms with Crippen molar-refractivity contribution in [2.75, 3.05) is 18.5 Å². The fourth-order valence-corrected chi connectivity index (χ4v) is 8.32. The van der Waals surface area contributed by atoms with Crippen molar-refractivity contribution in [3.05, 3.63) is 28.8 Å². The Morgan fingerprint density at radius 1 is 1.33 bits per heavy atom. The van der Waals surface area contributed by atoms with Crippen LogP contribution in [-0.4, -0.2) is 63.0 Å². The van der Waals surface area contributed by atoms with Gasteiger partial charge < -0.3 is 20.6 Å². The third kappa shape index (κ3) is 3.84. The molecule has 3 N–H and O–H groups in total. The first-order chi connectivity index (χ1) is 15.8. The molecule has 3 fully saturated rings. The molecule has 180 valence electrons. The molecule has 2 bridgehead atoms. The molecule has 0 saturated carbocycles. The predicted molar refractivity (Wildman–Crippen MR) is 130 cm³/mol. The molecule has 2 unspecified atom stereocenters. The largest absolute Gasteiger partial charge is 0.394 e. The molecule has 1 aromatic carbocycles. The van der Waals surface area contributed by atoms with Gasteiger partial charge in [-0.2, -0.15) is 0 Å². The van der Waals surface area contributed by atoms with Crippen molar-refractivity contribution in [1.29, 1.82) is 0 Å². The molecule has 0 aromatic heterocycles. The summed E-state index contributed by atoms with van der Waals surface area (Å²) in [5.74, 6) is -1.63. The summed E-state index contributed by atoms with van der Waals surface area (Å²) in [6, 6.07) is 4.14. The number of carbonyl (C=O) groups is 3. The van der Waals surface area contributed by atoms with Crippen molar-refractivity contribution in [3.8, 4) is 0 Å². The average molecular weight is 494 g/mol. The lowest BCUT2D eigenvalue weighted by molar-refractivity contribution is -0.142. The van der Waals surface area contributed by atoms with E-state index >= 15 is 0 Å². The van der Waals surface area contributed by atoms with Crippen LogP contribution in [0.2, 0.25) is 5.02 Å². The van der Waals surface area contributed by atoms with E-state index in [1.165, 1.54) is 0 Å². The number of halogens is 1. The van der Waals surface area contributed by atoms with Crippen LogP contribution in [0.25, 0.3) is 0 Å². The van der Waals surface area contributed by atoms with Crippen molar-refractivity contribution in [2.45, 2.75) is 68.5 Å². The summed E-state index contributed by atoms with van der Waals surface area (Å²) in [6.45, 7) is 6.08. The van der Waals surface area contributed by atoms with Gasteiger partial charge in [0.2, 0.25) is 17.7 Å². The van der Waals surface area contributed by atoms with E-state index in [1.807, 2.05) is 32.9 Å². The van der Waals surface area contributed by atoms with Crippen molar-refractivity contribution in [1.82, 2.24) is 10.2 Å². The Morgan fingerprint density at radius 3 is 2.73 bits per heavy atom. The van der Waals surface area contributed by atoms with Crippen molar-refractivity contribution in [2.24, 2.45) is 11.8 Å². The van der Waals surface area contributed by atoms with Gasteiger partial charge in [0.15, 0.2) is 0 Å². The lowest BCUT2D eigenvalue weighted by Crippen LogP contribution is -2.54. The Morgan fingerprint density at radius 2 is 2.09 bits per heavy atom. The maximum Gasteiger partial charge on any atom is 0.248 e. The molecule has 3 aliphatic heterocycles. The van der Waals surface area contributed by atoms with Crippen LogP contribution in [0.4, 0.5) is 5.69 Å². The molecule has 3 heterocycles. The van der Waals surface area contributed by atoms with Gasteiger partial charge in [0.1, 0.15) is 6.04 Å². The van der Waals surface area contributed by atoms with Gasteiger partial charge in [0.25, 0.3) is 0 Å². The van der Waals surface area contributed by atoms with Gasteiger partial charge >= 0.3 is 0 Å². The number of nitrogens with one attached hydrogen (secondary N) is 2. The Hall–Kier alpha value is -1.77. The minimum Gasteiger partial charge on any atom is -0.394 e. The maximum absolute atomic E-state index is 13.8. The number of aliphatic hydroxyl groups excluding tert-OH is 1. The topological polar surface area (TPSA) is 98.7 Å². The molecule has 9 heteroatoms. The summed E-state index contributed by atoms with van der Waals surface area (Å²) < 4.78 is -0.683. The standard InChI is InChI=1S/C24H32ClN3O4S/c1-4-11-26-21(30)17-16-9-10-24(33-16)18(17)23(32)28(14(5-2)12-29)20(24)22(31)27-19-13(3)7-6-8-15(19)25/h6-8,14,16-18,20,29H,4-5,9-12H2,1-3H3,(H,26,30)(H,27,31)/t14-,16-,17+,18-,20?,24?/m0/s1. The van der Waals surface area contributed by atoms with E-state index in [2.05, 4.69) is 10.6 Å². The number of rotatable bonds is 8. The number of para-hydroxylation sites is 1. The third-order valence-electron chi connectivity index (χ3n) is 7.38. The van der Waals surface area contributed by atoms with Gasteiger partial charge in [-0.1, -0.05) is 37.6 Å². The van der Waals surface area contributed by atoms with E-state index in [0.29, 0.717) is 30.1 Å². The number of fused-ring (bicyclic) bond motifs is 1. The second-order valence-corrected chi connectivity index (χ2v) is 11.3. The minimum absolute atomic E-state index is 0.0181. The molecular weight excluding hydrogens is 462 g/mol. The second kappa shape index (κ2) is 9.47. The van der Waals surface area contributed by atoms with Gasteiger partial charge in [-0.25, -0.2) is 0 Å². The molecule has 3 amide bonds. The van der Waals surface area contributed by atoms with Crippen LogP contribution in [0.15, 0.2) is 18.2 Å². The quantitative estimate of drug-likeness (QED) is 0.517. The highest BCUT2D eigenvalue weighted by Crippen LogP contribution is 2.66. The number of aliphatic hydroxyl groups is 1. The number of amides is 3. The highest BCUT2D eigenvalue weighted by atomic mass is 35.5. The molecule has 3 saturated heterocycles. The molecule has 6 atom stereocenters. The summed E-state index contributed by atoms with van der Waals surface area (Å²) in [6.07, 6.45) is 2.81. The molecule has 1 spiro atoms. The molecule has 33 heavy (non-hydrogen) atoms. The summed E-state index contributed by atoms with van der Waals surface area (Å²) in [5.41, 5.74) is 1.36. The van der Waals surface area contributed by atoms with Crippen molar-refractivity contribution >= 4 is 46.8 Å². The number of hydrogen-bond acceptors (Lipinski definition) is 5. The Balaban J connectivity index is 1.73. The zero-order chi connectivity index (χ0) is 23.9. The molecule has 1 aromatic rings. The van der Waals surface area contributed by atoms with Crippen LogP contribution in [0, 0.1) is 18.8 Å². The molecule has 7 nitrogen and oxygen atoms in total. The molecular formula is C24H32ClN3O4S. The van der Waals surface area contributed by atoms with E-state index < -0.39 is 28.7 Å². The van der Waals surface area contributed by atoms with Crippen LogP contribution < -0.4 is 10.6 Å². The van der Waals surface area contributed by atoms with Gasteiger partial charge in [-0.05, 0) is 44.2 Å². The lowest BCUT2D eigenvalue weighted by atomic mass is 9.70. The van der Waals surface area contributed by atoms with Crippen LogP contribution >= 0.6 is 23.4 Å². The minimum atomic E-state index is -0.776. The molecule has 0 aliphatic carbocycles. The van der Waals surface area contributed by atoms with Gasteiger partial charge in [0, 0.05) is 11.8 Å². The number of aryl methyl sites for hydroxylation is 1.